The number of amides is 2. The quantitative estimate of drug-likeness (QED) is 0.789. The summed E-state index contributed by atoms with van der Waals surface area (Å²) in [5.41, 5.74) is 1.48. The minimum absolute atomic E-state index is 0.00496. The van der Waals surface area contributed by atoms with E-state index in [1.807, 2.05) is 18.2 Å². The molecule has 146 valence electrons. The van der Waals surface area contributed by atoms with Crippen LogP contribution in [0.5, 0.6) is 0 Å². The SMILES string of the molecule is CC[Si](CC)(CC)OC12C[C@H]3C(=O)N(C)CC(=O)N3[C@H]1Nc1ccccc12. The van der Waals surface area contributed by atoms with Crippen LogP contribution >= 0.6 is 0 Å². The summed E-state index contributed by atoms with van der Waals surface area (Å²) in [6.45, 7) is 6.78. The van der Waals surface area contributed by atoms with Crippen LogP contribution in [-0.4, -0.2) is 55.7 Å². The second kappa shape index (κ2) is 6.34. The van der Waals surface area contributed by atoms with Crippen molar-refractivity contribution in [1.29, 1.82) is 0 Å². The largest absolute Gasteiger partial charge is 0.403 e. The summed E-state index contributed by atoms with van der Waals surface area (Å²) in [5.74, 6) is 0.0117. The van der Waals surface area contributed by atoms with Crippen LogP contribution < -0.4 is 5.32 Å². The molecular weight excluding hydrogens is 358 g/mol. The molecular formula is C20H29N3O3Si. The third-order valence-electron chi connectivity index (χ3n) is 6.88. The summed E-state index contributed by atoms with van der Waals surface area (Å²) in [5, 5.41) is 3.53. The Morgan fingerprint density at radius 1 is 1.19 bits per heavy atom. The minimum atomic E-state index is -1.97. The monoisotopic (exact) mass is 387 g/mol. The van der Waals surface area contributed by atoms with Crippen LogP contribution in [-0.2, 0) is 19.6 Å². The number of nitrogens with zero attached hydrogens (tertiary/aromatic N) is 2. The van der Waals surface area contributed by atoms with Gasteiger partial charge in [-0.15, -0.1) is 0 Å². The molecule has 2 saturated heterocycles. The first-order valence-electron chi connectivity index (χ1n) is 10.0. The van der Waals surface area contributed by atoms with Crippen LogP contribution in [0.1, 0.15) is 32.8 Å². The van der Waals surface area contributed by atoms with Crippen molar-refractivity contribution in [2.75, 3.05) is 18.9 Å². The zero-order chi connectivity index (χ0) is 19.4. The molecule has 0 aromatic heterocycles. The summed E-state index contributed by atoms with van der Waals surface area (Å²) in [6.07, 6.45) is 0.229. The predicted octanol–water partition coefficient (Wildman–Crippen LogP) is 2.73. The van der Waals surface area contributed by atoms with Gasteiger partial charge in [-0.3, -0.25) is 9.59 Å². The molecule has 3 aliphatic rings. The van der Waals surface area contributed by atoms with Gasteiger partial charge in [0.2, 0.25) is 11.8 Å². The van der Waals surface area contributed by atoms with Crippen LogP contribution in [0.2, 0.25) is 18.1 Å². The fraction of sp³-hybridized carbons (Fsp3) is 0.600. The van der Waals surface area contributed by atoms with E-state index in [-0.39, 0.29) is 24.5 Å². The van der Waals surface area contributed by atoms with E-state index in [0.717, 1.165) is 29.4 Å². The van der Waals surface area contributed by atoms with Gasteiger partial charge in [-0.2, -0.15) is 0 Å². The number of fused-ring (bicyclic) bond motifs is 5. The first kappa shape index (κ1) is 18.5. The van der Waals surface area contributed by atoms with Crippen molar-refractivity contribution in [3.63, 3.8) is 0 Å². The van der Waals surface area contributed by atoms with Crippen molar-refractivity contribution in [3.8, 4) is 0 Å². The zero-order valence-electron chi connectivity index (χ0n) is 16.6. The lowest BCUT2D eigenvalue weighted by Crippen LogP contribution is -2.60. The Hall–Kier alpha value is -1.86. The number of hydrogen-bond acceptors (Lipinski definition) is 4. The highest BCUT2D eigenvalue weighted by Crippen LogP contribution is 2.54. The fourth-order valence-corrected chi connectivity index (χ4v) is 8.13. The Balaban J connectivity index is 1.84. The van der Waals surface area contributed by atoms with Crippen LogP contribution in [0.15, 0.2) is 24.3 Å². The van der Waals surface area contributed by atoms with Gasteiger partial charge in [-0.1, -0.05) is 39.0 Å². The summed E-state index contributed by atoms with van der Waals surface area (Å²) in [4.78, 5) is 29.1. The number of para-hydroxylation sites is 1. The van der Waals surface area contributed by atoms with Crippen LogP contribution in [0, 0.1) is 0 Å². The number of anilines is 1. The molecule has 0 saturated carbocycles. The van der Waals surface area contributed by atoms with Crippen LogP contribution in [0.4, 0.5) is 5.69 Å². The Morgan fingerprint density at radius 3 is 2.52 bits per heavy atom. The third kappa shape index (κ3) is 2.47. The number of hydrogen-bond donors (Lipinski definition) is 1. The summed E-state index contributed by atoms with van der Waals surface area (Å²) >= 11 is 0. The number of likely N-dealkylation sites (N-methyl/N-ethyl adjacent to an activating group) is 1. The molecule has 0 bridgehead atoms. The molecule has 27 heavy (non-hydrogen) atoms. The molecule has 1 aromatic rings. The molecule has 3 aliphatic heterocycles. The molecule has 7 heteroatoms. The summed E-state index contributed by atoms with van der Waals surface area (Å²) in [7, 11) is -0.262. The van der Waals surface area contributed by atoms with Gasteiger partial charge < -0.3 is 19.5 Å². The standard InChI is InChI=1S/C20H29N3O3Si/c1-5-27(6-2,7-3)26-20-12-16-18(25)22(4)13-17(24)23(16)19(20)21-15-11-9-8-10-14(15)20/h8-11,16,19,21H,5-7,12-13H2,1-4H3/t16-,19+,20?/m0/s1. The van der Waals surface area contributed by atoms with Crippen molar-refractivity contribution >= 4 is 25.8 Å². The molecule has 4 rings (SSSR count). The molecule has 3 heterocycles. The van der Waals surface area contributed by atoms with Crippen molar-refractivity contribution in [1.82, 2.24) is 9.80 Å². The third-order valence-corrected chi connectivity index (χ3v) is 11.5. The van der Waals surface area contributed by atoms with Crippen molar-refractivity contribution in [2.24, 2.45) is 0 Å². The first-order chi connectivity index (χ1) is 12.9. The average molecular weight is 388 g/mol. The fourth-order valence-electron chi connectivity index (χ4n) is 5.12. The molecule has 2 fully saturated rings. The van der Waals surface area contributed by atoms with Gasteiger partial charge in [0.25, 0.3) is 0 Å². The van der Waals surface area contributed by atoms with Crippen molar-refractivity contribution < 1.29 is 14.0 Å². The number of benzene rings is 1. The number of carbonyl (C=O) groups excluding carboxylic acids is 2. The molecule has 6 nitrogen and oxygen atoms in total. The molecule has 2 amide bonds. The van der Waals surface area contributed by atoms with Crippen LogP contribution in [0.25, 0.3) is 0 Å². The molecule has 0 spiro atoms. The van der Waals surface area contributed by atoms with Gasteiger partial charge in [-0.05, 0) is 24.2 Å². The van der Waals surface area contributed by atoms with E-state index < -0.39 is 20.0 Å². The minimum Gasteiger partial charge on any atom is -0.403 e. The number of carbonyl (C=O) groups is 2. The normalized spacial score (nSPS) is 29.5. The van der Waals surface area contributed by atoms with E-state index in [1.54, 1.807) is 16.8 Å². The molecule has 1 unspecified atom stereocenters. The topological polar surface area (TPSA) is 61.9 Å². The van der Waals surface area contributed by atoms with E-state index in [2.05, 4.69) is 32.2 Å². The van der Waals surface area contributed by atoms with Gasteiger partial charge in [0, 0.05) is 24.7 Å². The highest BCUT2D eigenvalue weighted by Gasteiger charge is 2.64. The Bertz CT molecular complexity index is 773. The highest BCUT2D eigenvalue weighted by molar-refractivity contribution is 6.73. The van der Waals surface area contributed by atoms with E-state index in [1.165, 1.54) is 0 Å². The van der Waals surface area contributed by atoms with E-state index in [0.29, 0.717) is 6.42 Å². The van der Waals surface area contributed by atoms with E-state index >= 15 is 0 Å². The number of nitrogens with one attached hydrogen (secondary N) is 1. The smallest absolute Gasteiger partial charge is 0.245 e. The van der Waals surface area contributed by atoms with Gasteiger partial charge in [-0.25, -0.2) is 0 Å². The average Bonchev–Trinajstić information content (AvgIpc) is 3.15. The highest BCUT2D eigenvalue weighted by atomic mass is 28.4. The van der Waals surface area contributed by atoms with Gasteiger partial charge in [0.15, 0.2) is 8.32 Å². The maximum absolute atomic E-state index is 12.9. The van der Waals surface area contributed by atoms with Crippen molar-refractivity contribution in [2.45, 2.75) is 63.1 Å². The zero-order valence-corrected chi connectivity index (χ0v) is 17.6. The lowest BCUT2D eigenvalue weighted by molar-refractivity contribution is -0.153. The van der Waals surface area contributed by atoms with Crippen molar-refractivity contribution in [3.05, 3.63) is 29.8 Å². The van der Waals surface area contributed by atoms with Gasteiger partial charge in [0.1, 0.15) is 17.8 Å². The van der Waals surface area contributed by atoms with Gasteiger partial charge >= 0.3 is 0 Å². The molecule has 1 aromatic carbocycles. The lowest BCUT2D eigenvalue weighted by Gasteiger charge is -2.41. The van der Waals surface area contributed by atoms with E-state index in [4.69, 9.17) is 4.43 Å². The molecule has 0 aliphatic carbocycles. The lowest BCUT2D eigenvalue weighted by atomic mass is 9.91. The van der Waals surface area contributed by atoms with Crippen LogP contribution in [0.3, 0.4) is 0 Å². The first-order valence-corrected chi connectivity index (χ1v) is 12.6. The Labute approximate surface area is 162 Å². The van der Waals surface area contributed by atoms with Gasteiger partial charge in [0.05, 0.1) is 6.54 Å². The van der Waals surface area contributed by atoms with E-state index in [9.17, 15) is 9.59 Å². The number of piperazine rings is 1. The Morgan fingerprint density at radius 2 is 1.85 bits per heavy atom. The number of rotatable bonds is 5. The predicted molar refractivity (Wildman–Crippen MR) is 107 cm³/mol. The summed E-state index contributed by atoms with van der Waals surface area (Å²) in [6, 6.07) is 10.8. The second-order valence-corrected chi connectivity index (χ2v) is 12.7. The maximum atomic E-state index is 12.9. The Kier molecular flexibility index (Phi) is 4.34. The summed E-state index contributed by atoms with van der Waals surface area (Å²) < 4.78 is 7.12. The second-order valence-electron chi connectivity index (χ2n) is 8.04. The molecule has 1 N–H and O–H groups in total. The molecule has 0 radical (unpaired) electrons. The maximum Gasteiger partial charge on any atom is 0.245 e. The molecule has 3 atom stereocenters.